The van der Waals surface area contributed by atoms with Crippen LogP contribution in [-0.4, -0.2) is 40.1 Å². The zero-order chi connectivity index (χ0) is 16.3. The molecule has 22 heavy (non-hydrogen) atoms. The molecule has 1 unspecified atom stereocenters. The van der Waals surface area contributed by atoms with Crippen LogP contribution in [0.5, 0.6) is 0 Å². The van der Waals surface area contributed by atoms with E-state index < -0.39 is 17.9 Å². The smallest absolute Gasteiger partial charge is 0.326 e. The summed E-state index contributed by atoms with van der Waals surface area (Å²) < 4.78 is 4.98. The number of aliphatic carboxylic acids is 1. The molecule has 2 aromatic rings. The van der Waals surface area contributed by atoms with Gasteiger partial charge in [0.05, 0.1) is 5.69 Å². The van der Waals surface area contributed by atoms with E-state index in [9.17, 15) is 14.7 Å². The molecule has 1 aromatic heterocycles. The van der Waals surface area contributed by atoms with Gasteiger partial charge in [-0.3, -0.25) is 4.79 Å². The van der Waals surface area contributed by atoms with Gasteiger partial charge in [-0.2, -0.15) is 0 Å². The van der Waals surface area contributed by atoms with Gasteiger partial charge in [0.1, 0.15) is 17.4 Å². The van der Waals surface area contributed by atoms with E-state index >= 15 is 0 Å². The fourth-order valence-electron chi connectivity index (χ4n) is 2.33. The lowest BCUT2D eigenvalue weighted by atomic mass is 10.0. The highest BCUT2D eigenvalue weighted by atomic mass is 16.5. The van der Waals surface area contributed by atoms with E-state index in [2.05, 4.69) is 5.16 Å². The second-order valence-corrected chi connectivity index (χ2v) is 5.16. The number of rotatable bonds is 5. The lowest BCUT2D eigenvalue weighted by Crippen LogP contribution is -2.44. The van der Waals surface area contributed by atoms with Crippen molar-refractivity contribution < 1.29 is 19.2 Å². The molecule has 116 valence electrons. The summed E-state index contributed by atoms with van der Waals surface area (Å²) in [6.45, 7) is 3.29. The molecule has 0 spiro atoms. The molecule has 1 heterocycles. The van der Waals surface area contributed by atoms with Crippen LogP contribution in [-0.2, 0) is 11.2 Å². The number of nitrogens with zero attached hydrogens (tertiary/aromatic N) is 2. The van der Waals surface area contributed by atoms with Crippen molar-refractivity contribution in [1.29, 1.82) is 0 Å². The van der Waals surface area contributed by atoms with E-state index in [1.807, 2.05) is 30.3 Å². The Bertz CT molecular complexity index is 659. The van der Waals surface area contributed by atoms with E-state index in [0.29, 0.717) is 17.0 Å². The summed E-state index contributed by atoms with van der Waals surface area (Å²) in [6.07, 6.45) is 0.238. The summed E-state index contributed by atoms with van der Waals surface area (Å²) in [7, 11) is 1.48. The minimum absolute atomic E-state index is 0.238. The molecule has 2 rings (SSSR count). The number of carbonyl (C=O) groups is 2. The molecule has 1 atom stereocenters. The third-order valence-corrected chi connectivity index (χ3v) is 3.59. The summed E-state index contributed by atoms with van der Waals surface area (Å²) in [6, 6.07) is 8.25. The Balaban J connectivity index is 2.25. The standard InChI is InChI=1S/C16H18N2O4/c1-10-14(11(2)22-17-10)15(19)18(3)13(16(20)21)9-12-7-5-4-6-8-12/h4-8,13H,9H2,1-3H3,(H,20,21). The zero-order valence-electron chi connectivity index (χ0n) is 12.7. The van der Waals surface area contributed by atoms with Gasteiger partial charge in [-0.05, 0) is 19.4 Å². The van der Waals surface area contributed by atoms with Crippen molar-refractivity contribution in [3.8, 4) is 0 Å². The monoisotopic (exact) mass is 302 g/mol. The van der Waals surface area contributed by atoms with Crippen LogP contribution in [0.25, 0.3) is 0 Å². The Kier molecular flexibility index (Phi) is 4.60. The molecule has 0 aliphatic rings. The molecule has 0 aliphatic heterocycles. The molecule has 0 saturated heterocycles. The molecular weight excluding hydrogens is 284 g/mol. The van der Waals surface area contributed by atoms with Crippen molar-refractivity contribution in [3.05, 3.63) is 52.9 Å². The van der Waals surface area contributed by atoms with Gasteiger partial charge < -0.3 is 14.5 Å². The van der Waals surface area contributed by atoms with Crippen LogP contribution in [0.2, 0.25) is 0 Å². The predicted molar refractivity (Wildman–Crippen MR) is 79.6 cm³/mol. The topological polar surface area (TPSA) is 83.6 Å². The molecule has 0 bridgehead atoms. The third-order valence-electron chi connectivity index (χ3n) is 3.59. The van der Waals surface area contributed by atoms with Gasteiger partial charge in [-0.1, -0.05) is 35.5 Å². The van der Waals surface area contributed by atoms with Gasteiger partial charge in [0.25, 0.3) is 5.91 Å². The Labute approximate surface area is 128 Å². The van der Waals surface area contributed by atoms with Crippen molar-refractivity contribution in [3.63, 3.8) is 0 Å². The lowest BCUT2D eigenvalue weighted by molar-refractivity contribution is -0.141. The molecule has 0 radical (unpaired) electrons. The highest BCUT2D eigenvalue weighted by molar-refractivity contribution is 5.98. The molecule has 0 fully saturated rings. The summed E-state index contributed by atoms with van der Waals surface area (Å²) in [5, 5.41) is 13.2. The van der Waals surface area contributed by atoms with E-state index in [4.69, 9.17) is 4.52 Å². The number of benzene rings is 1. The first-order valence-electron chi connectivity index (χ1n) is 6.88. The van der Waals surface area contributed by atoms with Crippen LogP contribution < -0.4 is 0 Å². The van der Waals surface area contributed by atoms with Crippen molar-refractivity contribution in [1.82, 2.24) is 10.1 Å². The number of aromatic nitrogens is 1. The maximum atomic E-state index is 12.5. The maximum absolute atomic E-state index is 12.5. The number of aryl methyl sites for hydroxylation is 2. The van der Waals surface area contributed by atoms with Gasteiger partial charge in [-0.25, -0.2) is 4.79 Å². The number of carbonyl (C=O) groups excluding carboxylic acids is 1. The largest absolute Gasteiger partial charge is 0.480 e. The van der Waals surface area contributed by atoms with Crippen molar-refractivity contribution in [2.45, 2.75) is 26.3 Å². The van der Waals surface area contributed by atoms with Crippen LogP contribution in [0.4, 0.5) is 0 Å². The van der Waals surface area contributed by atoms with Crippen molar-refractivity contribution in [2.75, 3.05) is 7.05 Å². The first kappa shape index (κ1) is 15.8. The zero-order valence-corrected chi connectivity index (χ0v) is 12.7. The van der Waals surface area contributed by atoms with Crippen LogP contribution >= 0.6 is 0 Å². The molecule has 0 saturated carbocycles. The Morgan fingerprint density at radius 3 is 2.41 bits per heavy atom. The maximum Gasteiger partial charge on any atom is 0.326 e. The molecule has 6 heteroatoms. The Hall–Kier alpha value is -2.63. The van der Waals surface area contributed by atoms with Gasteiger partial charge in [0.2, 0.25) is 0 Å². The molecule has 1 amide bonds. The first-order chi connectivity index (χ1) is 10.4. The summed E-state index contributed by atoms with van der Waals surface area (Å²) in [4.78, 5) is 25.3. The molecular formula is C16H18N2O4. The number of carboxylic acids is 1. The summed E-state index contributed by atoms with van der Waals surface area (Å²) in [5.41, 5.74) is 1.63. The van der Waals surface area contributed by atoms with Crippen LogP contribution in [0.1, 0.15) is 27.4 Å². The van der Waals surface area contributed by atoms with Crippen LogP contribution in [0, 0.1) is 13.8 Å². The first-order valence-corrected chi connectivity index (χ1v) is 6.88. The number of carboxylic acid groups (broad SMARTS) is 1. The van der Waals surface area contributed by atoms with E-state index in [1.165, 1.54) is 11.9 Å². The molecule has 6 nitrogen and oxygen atoms in total. The predicted octanol–water partition coefficient (Wildman–Crippen LogP) is 2.06. The summed E-state index contributed by atoms with van der Waals surface area (Å²) >= 11 is 0. The lowest BCUT2D eigenvalue weighted by Gasteiger charge is -2.25. The third kappa shape index (κ3) is 3.16. The highest BCUT2D eigenvalue weighted by Gasteiger charge is 2.30. The van der Waals surface area contributed by atoms with Crippen LogP contribution in [0.3, 0.4) is 0 Å². The Morgan fingerprint density at radius 2 is 1.91 bits per heavy atom. The molecule has 1 aromatic carbocycles. The van der Waals surface area contributed by atoms with Crippen LogP contribution in [0.15, 0.2) is 34.9 Å². The fraction of sp³-hybridized carbons (Fsp3) is 0.312. The van der Waals surface area contributed by atoms with E-state index in [1.54, 1.807) is 13.8 Å². The summed E-state index contributed by atoms with van der Waals surface area (Å²) in [5.74, 6) is -1.07. The quantitative estimate of drug-likeness (QED) is 0.914. The number of hydrogen-bond donors (Lipinski definition) is 1. The second kappa shape index (κ2) is 6.43. The minimum Gasteiger partial charge on any atom is -0.480 e. The second-order valence-electron chi connectivity index (χ2n) is 5.16. The van der Waals surface area contributed by atoms with Crippen molar-refractivity contribution in [2.24, 2.45) is 0 Å². The highest BCUT2D eigenvalue weighted by Crippen LogP contribution is 2.17. The average Bonchev–Trinajstić information content (AvgIpc) is 2.83. The number of hydrogen-bond acceptors (Lipinski definition) is 4. The number of likely N-dealkylation sites (N-methyl/N-ethyl adjacent to an activating group) is 1. The molecule has 0 aliphatic carbocycles. The van der Waals surface area contributed by atoms with Gasteiger partial charge in [0, 0.05) is 13.5 Å². The normalized spacial score (nSPS) is 12.0. The van der Waals surface area contributed by atoms with Gasteiger partial charge in [0.15, 0.2) is 0 Å². The minimum atomic E-state index is -1.05. The average molecular weight is 302 g/mol. The van der Waals surface area contributed by atoms with Crippen molar-refractivity contribution >= 4 is 11.9 Å². The SMILES string of the molecule is Cc1noc(C)c1C(=O)N(C)C(Cc1ccccc1)C(=O)O. The van der Waals surface area contributed by atoms with E-state index in [0.717, 1.165) is 5.56 Å². The van der Waals surface area contributed by atoms with E-state index in [-0.39, 0.29) is 6.42 Å². The Morgan fingerprint density at radius 1 is 1.27 bits per heavy atom. The fourth-order valence-corrected chi connectivity index (χ4v) is 2.33. The van der Waals surface area contributed by atoms with Gasteiger partial charge >= 0.3 is 5.97 Å². The number of amides is 1. The van der Waals surface area contributed by atoms with Gasteiger partial charge in [-0.15, -0.1) is 0 Å². The molecule has 1 N–H and O–H groups in total.